The van der Waals surface area contributed by atoms with E-state index in [1.54, 1.807) is 27.5 Å². The van der Waals surface area contributed by atoms with E-state index in [0.717, 1.165) is 68.9 Å². The number of piperidine rings is 2. The van der Waals surface area contributed by atoms with Crippen LogP contribution in [0.1, 0.15) is 89.4 Å². The number of alkyl halides is 1. The van der Waals surface area contributed by atoms with E-state index in [2.05, 4.69) is 31.2 Å². The summed E-state index contributed by atoms with van der Waals surface area (Å²) in [5, 5.41) is 14.2. The number of benzene rings is 2. The molecule has 2 aromatic carbocycles. The number of hydrogen-bond donors (Lipinski definition) is 4. The second-order valence-corrected chi connectivity index (χ2v) is 19.4. The topological polar surface area (TPSA) is 190 Å². The molecule has 1 aliphatic carbocycles. The molecule has 2 aliphatic heterocycles. The number of halogens is 3. The first kappa shape index (κ1) is 49.3. The molecule has 6 heterocycles. The molecule has 20 heteroatoms. The van der Waals surface area contributed by atoms with E-state index in [1.165, 1.54) is 7.05 Å². The number of likely N-dealkylation sites (N-methyl/N-ethyl adjacent to an activating group) is 1. The molecule has 2 amide bonds. The third-order valence-corrected chi connectivity index (χ3v) is 14.0. The van der Waals surface area contributed by atoms with Crippen molar-refractivity contribution < 1.29 is 23.5 Å². The largest absolute Gasteiger partial charge is 0.478 e. The van der Waals surface area contributed by atoms with Gasteiger partial charge in [-0.15, -0.1) is 0 Å². The van der Waals surface area contributed by atoms with E-state index in [-0.39, 0.29) is 58.8 Å². The molecule has 3 fully saturated rings. The van der Waals surface area contributed by atoms with Gasteiger partial charge in [0.25, 0.3) is 22.9 Å². The summed E-state index contributed by atoms with van der Waals surface area (Å²) in [6.45, 7) is 5.62. The summed E-state index contributed by atoms with van der Waals surface area (Å²) in [6.07, 6.45) is 8.47. The van der Waals surface area contributed by atoms with Crippen molar-refractivity contribution in [2.24, 2.45) is 0 Å². The van der Waals surface area contributed by atoms with Gasteiger partial charge in [-0.1, -0.05) is 36.0 Å². The van der Waals surface area contributed by atoms with E-state index in [9.17, 15) is 23.6 Å². The van der Waals surface area contributed by atoms with Gasteiger partial charge in [0.15, 0.2) is 30.5 Å². The highest BCUT2D eigenvalue weighted by Crippen LogP contribution is 2.36. The molecule has 3 aliphatic rings. The highest BCUT2D eigenvalue weighted by atomic mass is 35.5. The van der Waals surface area contributed by atoms with Gasteiger partial charge in [0.2, 0.25) is 5.95 Å². The standard InChI is InChI=1S/C51H58Cl2FN11O6/c1-30(2)64-40-13-11-34(58-38-25-44(56-26-37(38)52)62-19-15-33(54)16-20-62)21-31(40)23-42(49(64)68)71-29-46(67)57-27-39-47(53)48(61-51(60-39)63-17-7-4-8-18-63)59-35-12-14-41-32(22-35)24-43(70-28-45(66)55-3)50(69)65(41)36-9-5-6-10-36/h11-14,21-26,30,33,36H,4-10,15-20,27-29H2,1-3H3,(H,55,66)(H,56,58)(H,57,67)(H,59,60,61). The van der Waals surface area contributed by atoms with Gasteiger partial charge in [-0.05, 0) is 107 Å². The molecule has 0 atom stereocenters. The smallest absolute Gasteiger partial charge is 0.293 e. The fraction of sp³-hybridized carbons (Fsp3) is 0.431. The fourth-order valence-electron chi connectivity index (χ4n) is 9.61. The van der Waals surface area contributed by atoms with Crippen molar-refractivity contribution in [3.63, 3.8) is 0 Å². The molecule has 0 spiro atoms. The molecule has 0 radical (unpaired) electrons. The van der Waals surface area contributed by atoms with Gasteiger partial charge in [0.1, 0.15) is 17.0 Å². The first-order chi connectivity index (χ1) is 34.3. The Bertz CT molecular complexity index is 3080. The molecular weight excluding hydrogens is 953 g/mol. The summed E-state index contributed by atoms with van der Waals surface area (Å²) in [4.78, 5) is 71.6. The van der Waals surface area contributed by atoms with Crippen molar-refractivity contribution in [3.05, 3.63) is 97.2 Å². The van der Waals surface area contributed by atoms with Crippen molar-refractivity contribution in [1.82, 2.24) is 34.7 Å². The average Bonchev–Trinajstić information content (AvgIpc) is 3.91. The predicted molar refractivity (Wildman–Crippen MR) is 276 cm³/mol. The number of fused-ring (bicyclic) bond motifs is 2. The van der Waals surface area contributed by atoms with Crippen molar-refractivity contribution in [3.8, 4) is 11.5 Å². The van der Waals surface area contributed by atoms with Crippen LogP contribution in [0.3, 0.4) is 0 Å². The molecule has 9 rings (SSSR count). The molecule has 2 saturated heterocycles. The number of aromatic nitrogens is 5. The Morgan fingerprint density at radius 3 is 2.10 bits per heavy atom. The third-order valence-electron chi connectivity index (χ3n) is 13.3. The number of hydrogen-bond acceptors (Lipinski definition) is 13. The van der Waals surface area contributed by atoms with Crippen molar-refractivity contribution >= 4 is 91.5 Å². The normalized spacial score (nSPS) is 15.6. The number of nitrogens with zero attached hydrogens (tertiary/aromatic N) is 7. The Kier molecular flexibility index (Phi) is 15.1. The molecule has 4 aromatic heterocycles. The number of nitrogens with one attached hydrogen (secondary N) is 4. The lowest BCUT2D eigenvalue weighted by Crippen LogP contribution is -2.34. The van der Waals surface area contributed by atoms with Crippen LogP contribution in [-0.4, -0.2) is 88.5 Å². The van der Waals surface area contributed by atoms with Crippen LogP contribution in [-0.2, 0) is 16.1 Å². The molecule has 6 aromatic rings. The number of ether oxygens (including phenoxy) is 2. The number of amides is 2. The Morgan fingerprint density at radius 1 is 0.761 bits per heavy atom. The number of carbonyl (C=O) groups excluding carboxylic acids is 2. The first-order valence-corrected chi connectivity index (χ1v) is 25.1. The quantitative estimate of drug-likeness (QED) is 0.0721. The minimum absolute atomic E-state index is 0.00121. The van der Waals surface area contributed by atoms with E-state index in [4.69, 9.17) is 42.6 Å². The number of anilines is 6. The zero-order chi connectivity index (χ0) is 49.8. The van der Waals surface area contributed by atoms with E-state index < -0.39 is 18.7 Å². The van der Waals surface area contributed by atoms with Gasteiger partial charge >= 0.3 is 0 Å². The van der Waals surface area contributed by atoms with Crippen LogP contribution in [0.5, 0.6) is 11.5 Å². The fourth-order valence-corrected chi connectivity index (χ4v) is 9.96. The molecule has 0 bridgehead atoms. The van der Waals surface area contributed by atoms with E-state index >= 15 is 0 Å². The lowest BCUT2D eigenvalue weighted by Gasteiger charge is -2.30. The van der Waals surface area contributed by atoms with Crippen LogP contribution in [0.2, 0.25) is 10.0 Å². The van der Waals surface area contributed by atoms with Crippen molar-refractivity contribution in [2.75, 3.05) is 66.9 Å². The summed E-state index contributed by atoms with van der Waals surface area (Å²) in [5.74, 6) is 0.716. The monoisotopic (exact) mass is 1010 g/mol. The summed E-state index contributed by atoms with van der Waals surface area (Å²) in [6, 6.07) is 16.1. The Hall–Kier alpha value is -6.66. The van der Waals surface area contributed by atoms with Gasteiger partial charge in [0.05, 0.1) is 40.2 Å². The maximum absolute atomic E-state index is 13.9. The predicted octanol–water partition coefficient (Wildman–Crippen LogP) is 8.74. The molecule has 0 unspecified atom stereocenters. The van der Waals surface area contributed by atoms with Gasteiger partial charge < -0.3 is 49.7 Å². The average molecular weight is 1010 g/mol. The molecule has 71 heavy (non-hydrogen) atoms. The minimum Gasteiger partial charge on any atom is -0.478 e. The van der Waals surface area contributed by atoms with Crippen LogP contribution in [0.25, 0.3) is 21.8 Å². The van der Waals surface area contributed by atoms with Crippen LogP contribution in [0, 0.1) is 0 Å². The van der Waals surface area contributed by atoms with Gasteiger partial charge in [-0.2, -0.15) is 4.98 Å². The van der Waals surface area contributed by atoms with Crippen molar-refractivity contribution in [2.45, 2.75) is 96.4 Å². The molecule has 4 N–H and O–H groups in total. The van der Waals surface area contributed by atoms with Gasteiger partial charge in [0, 0.05) is 73.5 Å². The Labute approximate surface area is 420 Å². The number of pyridine rings is 3. The Balaban J connectivity index is 0.934. The van der Waals surface area contributed by atoms with Crippen LogP contribution < -0.4 is 51.7 Å². The minimum atomic E-state index is -0.809. The first-order valence-electron chi connectivity index (χ1n) is 24.3. The number of rotatable bonds is 16. The Morgan fingerprint density at radius 2 is 1.41 bits per heavy atom. The molecule has 1 saturated carbocycles. The molecule has 374 valence electrons. The lowest BCUT2D eigenvalue weighted by molar-refractivity contribution is -0.123. The van der Waals surface area contributed by atoms with Gasteiger partial charge in [-0.3, -0.25) is 19.2 Å². The SMILES string of the molecule is CNC(=O)COc1cc2cc(Nc3nc(N4CCCCC4)nc(CNC(=O)COc4cc5cc(Nc6cc(N7CCC(F)CC7)ncc6Cl)ccc5n(C(C)C)c4=O)c3Cl)ccc2n(C2CCCC2)c1=O. The second-order valence-electron chi connectivity index (χ2n) is 18.6. The third kappa shape index (κ3) is 11.1. The van der Waals surface area contributed by atoms with E-state index in [0.29, 0.717) is 82.2 Å². The van der Waals surface area contributed by atoms with Gasteiger partial charge in [-0.25, -0.2) is 14.4 Å². The van der Waals surface area contributed by atoms with Crippen molar-refractivity contribution in [1.29, 1.82) is 0 Å². The molecule has 17 nitrogen and oxygen atoms in total. The summed E-state index contributed by atoms with van der Waals surface area (Å²) in [5.41, 5.74) is 3.09. The maximum Gasteiger partial charge on any atom is 0.293 e. The summed E-state index contributed by atoms with van der Waals surface area (Å²) < 4.78 is 29.0. The van der Waals surface area contributed by atoms with Crippen LogP contribution in [0.15, 0.2) is 70.4 Å². The highest BCUT2D eigenvalue weighted by molar-refractivity contribution is 6.34. The van der Waals surface area contributed by atoms with Crippen LogP contribution in [0.4, 0.5) is 39.0 Å². The summed E-state index contributed by atoms with van der Waals surface area (Å²) >= 11 is 13.6. The molecular formula is C51H58Cl2FN11O6. The second kappa shape index (κ2) is 21.8. The maximum atomic E-state index is 13.9. The zero-order valence-electron chi connectivity index (χ0n) is 40.0. The highest BCUT2D eigenvalue weighted by Gasteiger charge is 2.25. The van der Waals surface area contributed by atoms with E-state index in [1.807, 2.05) is 61.2 Å². The van der Waals surface area contributed by atoms with Crippen LogP contribution >= 0.6 is 23.2 Å². The summed E-state index contributed by atoms with van der Waals surface area (Å²) in [7, 11) is 1.51. The lowest BCUT2D eigenvalue weighted by atomic mass is 10.1. The number of carbonyl (C=O) groups is 2. The zero-order valence-corrected chi connectivity index (χ0v) is 41.5.